The van der Waals surface area contributed by atoms with Crippen molar-refractivity contribution in [3.05, 3.63) is 0 Å². The molecule has 2 rings (SSSR count). The lowest BCUT2D eigenvalue weighted by Gasteiger charge is -2.49. The summed E-state index contributed by atoms with van der Waals surface area (Å²) in [5, 5.41) is 3.85. The maximum atomic E-state index is 5.49. The van der Waals surface area contributed by atoms with Gasteiger partial charge in [-0.15, -0.1) is 0 Å². The molecule has 2 fully saturated rings. The van der Waals surface area contributed by atoms with Crippen LogP contribution in [0, 0.1) is 11.8 Å². The lowest BCUT2D eigenvalue weighted by molar-refractivity contribution is 0.00162. The SMILES string of the molecule is CC(C)C1(C2CCOCC2)CCCCN1. The first kappa shape index (κ1) is 11.4. The summed E-state index contributed by atoms with van der Waals surface area (Å²) in [6, 6.07) is 0. The summed E-state index contributed by atoms with van der Waals surface area (Å²) in [4.78, 5) is 0. The van der Waals surface area contributed by atoms with Crippen molar-refractivity contribution < 1.29 is 4.74 Å². The summed E-state index contributed by atoms with van der Waals surface area (Å²) in [7, 11) is 0. The van der Waals surface area contributed by atoms with Gasteiger partial charge in [-0.05, 0) is 44.1 Å². The molecule has 0 aromatic rings. The largest absolute Gasteiger partial charge is 0.381 e. The molecular formula is C13H25NO. The molecule has 2 nitrogen and oxygen atoms in total. The summed E-state index contributed by atoms with van der Waals surface area (Å²) >= 11 is 0. The minimum Gasteiger partial charge on any atom is -0.381 e. The van der Waals surface area contributed by atoms with E-state index in [2.05, 4.69) is 19.2 Å². The Bertz CT molecular complexity index is 191. The number of hydrogen-bond donors (Lipinski definition) is 1. The Hall–Kier alpha value is -0.0800. The van der Waals surface area contributed by atoms with E-state index in [-0.39, 0.29) is 0 Å². The smallest absolute Gasteiger partial charge is 0.0469 e. The first-order valence-electron chi connectivity index (χ1n) is 6.58. The first-order chi connectivity index (χ1) is 7.26. The minimum absolute atomic E-state index is 0.419. The van der Waals surface area contributed by atoms with Crippen molar-refractivity contribution in [2.45, 2.75) is 51.5 Å². The van der Waals surface area contributed by atoms with Crippen molar-refractivity contribution in [2.75, 3.05) is 19.8 Å². The summed E-state index contributed by atoms with van der Waals surface area (Å²) in [5.74, 6) is 1.59. The highest BCUT2D eigenvalue weighted by Crippen LogP contribution is 2.39. The fourth-order valence-corrected chi connectivity index (χ4v) is 3.48. The number of nitrogens with one attached hydrogen (secondary N) is 1. The van der Waals surface area contributed by atoms with E-state index in [4.69, 9.17) is 4.74 Å². The first-order valence-corrected chi connectivity index (χ1v) is 6.58. The highest BCUT2D eigenvalue weighted by Gasteiger charge is 2.42. The maximum absolute atomic E-state index is 5.49. The third-order valence-electron chi connectivity index (χ3n) is 4.45. The highest BCUT2D eigenvalue weighted by atomic mass is 16.5. The maximum Gasteiger partial charge on any atom is 0.0469 e. The standard InChI is InChI=1S/C13H25NO/c1-11(2)13(7-3-4-8-14-13)12-5-9-15-10-6-12/h11-12,14H,3-10H2,1-2H3. The molecule has 0 spiro atoms. The third kappa shape index (κ3) is 2.21. The molecule has 1 unspecified atom stereocenters. The second kappa shape index (κ2) is 4.84. The number of rotatable bonds is 2. The van der Waals surface area contributed by atoms with Crippen LogP contribution in [0.4, 0.5) is 0 Å². The van der Waals surface area contributed by atoms with Crippen LogP contribution in [0.25, 0.3) is 0 Å². The number of ether oxygens (including phenoxy) is 1. The zero-order valence-corrected chi connectivity index (χ0v) is 10.2. The Morgan fingerprint density at radius 3 is 2.47 bits per heavy atom. The van der Waals surface area contributed by atoms with E-state index in [1.54, 1.807) is 0 Å². The van der Waals surface area contributed by atoms with Crippen molar-refractivity contribution in [1.82, 2.24) is 5.32 Å². The quantitative estimate of drug-likeness (QED) is 0.758. The Morgan fingerprint density at radius 2 is 1.93 bits per heavy atom. The second-order valence-electron chi connectivity index (χ2n) is 5.47. The van der Waals surface area contributed by atoms with Gasteiger partial charge in [0.1, 0.15) is 0 Å². The van der Waals surface area contributed by atoms with Gasteiger partial charge in [-0.1, -0.05) is 20.3 Å². The van der Waals surface area contributed by atoms with E-state index in [1.165, 1.54) is 38.6 Å². The van der Waals surface area contributed by atoms with Gasteiger partial charge in [-0.3, -0.25) is 0 Å². The van der Waals surface area contributed by atoms with Crippen LogP contribution < -0.4 is 5.32 Å². The van der Waals surface area contributed by atoms with Crippen LogP contribution in [0.2, 0.25) is 0 Å². The lowest BCUT2D eigenvalue weighted by Crippen LogP contribution is -2.58. The van der Waals surface area contributed by atoms with Crippen molar-refractivity contribution in [3.63, 3.8) is 0 Å². The van der Waals surface area contributed by atoms with Crippen molar-refractivity contribution in [3.8, 4) is 0 Å². The van der Waals surface area contributed by atoms with Gasteiger partial charge >= 0.3 is 0 Å². The van der Waals surface area contributed by atoms with Crippen molar-refractivity contribution >= 4 is 0 Å². The van der Waals surface area contributed by atoms with E-state index in [9.17, 15) is 0 Å². The fraction of sp³-hybridized carbons (Fsp3) is 1.00. The van der Waals surface area contributed by atoms with Crippen LogP contribution in [-0.2, 0) is 4.74 Å². The van der Waals surface area contributed by atoms with Gasteiger partial charge < -0.3 is 10.1 Å². The van der Waals surface area contributed by atoms with Crippen molar-refractivity contribution in [1.29, 1.82) is 0 Å². The van der Waals surface area contributed by atoms with E-state index in [1.807, 2.05) is 0 Å². The van der Waals surface area contributed by atoms with Gasteiger partial charge in [0.25, 0.3) is 0 Å². The molecule has 88 valence electrons. The molecule has 0 radical (unpaired) electrons. The van der Waals surface area contributed by atoms with E-state index in [0.717, 1.165) is 25.0 Å². The molecular weight excluding hydrogens is 186 g/mol. The molecule has 0 aliphatic carbocycles. The van der Waals surface area contributed by atoms with E-state index < -0.39 is 0 Å². The summed E-state index contributed by atoms with van der Waals surface area (Å²) in [6.07, 6.45) is 6.64. The molecule has 0 aromatic carbocycles. The van der Waals surface area contributed by atoms with Crippen molar-refractivity contribution in [2.24, 2.45) is 11.8 Å². The molecule has 2 saturated heterocycles. The Labute approximate surface area is 93.8 Å². The molecule has 2 heterocycles. The average molecular weight is 211 g/mol. The Kier molecular flexibility index (Phi) is 3.68. The van der Waals surface area contributed by atoms with Gasteiger partial charge in [-0.2, -0.15) is 0 Å². The van der Waals surface area contributed by atoms with Crippen LogP contribution >= 0.6 is 0 Å². The van der Waals surface area contributed by atoms with Gasteiger partial charge in [0.05, 0.1) is 0 Å². The summed E-state index contributed by atoms with van der Waals surface area (Å²) in [5.41, 5.74) is 0.419. The fourth-order valence-electron chi connectivity index (χ4n) is 3.48. The lowest BCUT2D eigenvalue weighted by atomic mass is 9.68. The summed E-state index contributed by atoms with van der Waals surface area (Å²) < 4.78 is 5.49. The Balaban J connectivity index is 2.09. The number of hydrogen-bond acceptors (Lipinski definition) is 2. The molecule has 0 amide bonds. The highest BCUT2D eigenvalue weighted by molar-refractivity contribution is 4.99. The molecule has 15 heavy (non-hydrogen) atoms. The average Bonchev–Trinajstić information content (AvgIpc) is 2.31. The predicted octanol–water partition coefficient (Wildman–Crippen LogP) is 2.58. The topological polar surface area (TPSA) is 21.3 Å². The molecule has 0 bridgehead atoms. The Morgan fingerprint density at radius 1 is 1.20 bits per heavy atom. The molecule has 2 aliphatic rings. The van der Waals surface area contributed by atoms with Gasteiger partial charge in [0.15, 0.2) is 0 Å². The molecule has 0 aromatic heterocycles. The molecule has 1 atom stereocenters. The van der Waals surface area contributed by atoms with Crippen LogP contribution in [0.15, 0.2) is 0 Å². The zero-order chi connectivity index (χ0) is 10.7. The number of piperidine rings is 1. The second-order valence-corrected chi connectivity index (χ2v) is 5.47. The van der Waals surface area contributed by atoms with Crippen LogP contribution in [-0.4, -0.2) is 25.3 Å². The van der Waals surface area contributed by atoms with Crippen LogP contribution in [0.1, 0.15) is 46.0 Å². The van der Waals surface area contributed by atoms with E-state index in [0.29, 0.717) is 5.54 Å². The molecule has 2 heteroatoms. The molecule has 1 N–H and O–H groups in total. The normalized spacial score (nSPS) is 34.6. The minimum atomic E-state index is 0.419. The van der Waals surface area contributed by atoms with Crippen LogP contribution in [0.5, 0.6) is 0 Å². The third-order valence-corrected chi connectivity index (χ3v) is 4.45. The van der Waals surface area contributed by atoms with Crippen LogP contribution in [0.3, 0.4) is 0 Å². The van der Waals surface area contributed by atoms with E-state index >= 15 is 0 Å². The zero-order valence-electron chi connectivity index (χ0n) is 10.2. The van der Waals surface area contributed by atoms with Gasteiger partial charge in [0.2, 0.25) is 0 Å². The van der Waals surface area contributed by atoms with Gasteiger partial charge in [-0.25, -0.2) is 0 Å². The monoisotopic (exact) mass is 211 g/mol. The summed E-state index contributed by atoms with van der Waals surface area (Å²) in [6.45, 7) is 7.93. The molecule has 2 aliphatic heterocycles. The van der Waals surface area contributed by atoms with Gasteiger partial charge in [0, 0.05) is 18.8 Å². The molecule has 0 saturated carbocycles. The predicted molar refractivity (Wildman–Crippen MR) is 63.0 cm³/mol.